The summed E-state index contributed by atoms with van der Waals surface area (Å²) in [6.07, 6.45) is 0.840. The number of hydrogen-bond acceptors (Lipinski definition) is 4. The normalized spacial score (nSPS) is 14.9. The Kier molecular flexibility index (Phi) is 7.73. The molecule has 0 heterocycles. The zero-order valence-electron chi connectivity index (χ0n) is 13.2. The van der Waals surface area contributed by atoms with Crippen LogP contribution in [0.4, 0.5) is 0 Å². The van der Waals surface area contributed by atoms with Crippen LogP contribution in [-0.4, -0.2) is 33.0 Å². The van der Waals surface area contributed by atoms with Gasteiger partial charge in [-0.25, -0.2) is 13.1 Å². The van der Waals surface area contributed by atoms with Crippen LogP contribution in [0.1, 0.15) is 38.8 Å². The van der Waals surface area contributed by atoms with Crippen molar-refractivity contribution in [2.24, 2.45) is 0 Å². The van der Waals surface area contributed by atoms with Gasteiger partial charge in [-0.15, -0.1) is 0 Å². The van der Waals surface area contributed by atoms with E-state index in [0.717, 1.165) is 23.5 Å². The van der Waals surface area contributed by atoms with Crippen LogP contribution in [0.15, 0.2) is 29.2 Å². The Bertz CT molecular complexity index is 515. The minimum absolute atomic E-state index is 0.0510. The van der Waals surface area contributed by atoms with Crippen molar-refractivity contribution in [1.29, 1.82) is 0 Å². The maximum atomic E-state index is 12.3. The lowest BCUT2D eigenvalue weighted by Gasteiger charge is -2.15. The molecule has 0 aromatic heterocycles. The molecular weight excluding hydrogens is 304 g/mol. The van der Waals surface area contributed by atoms with E-state index in [0.29, 0.717) is 4.90 Å². The fourth-order valence-corrected chi connectivity index (χ4v) is 3.99. The van der Waals surface area contributed by atoms with Crippen molar-refractivity contribution >= 4 is 21.8 Å². The van der Waals surface area contributed by atoms with E-state index < -0.39 is 10.0 Å². The molecule has 21 heavy (non-hydrogen) atoms. The molecule has 0 fully saturated rings. The van der Waals surface area contributed by atoms with Gasteiger partial charge in [-0.05, 0) is 56.5 Å². The zero-order chi connectivity index (χ0) is 15.9. The molecule has 0 bridgehead atoms. The summed E-state index contributed by atoms with van der Waals surface area (Å²) in [6, 6.07) is 7.20. The Hall–Kier alpha value is -0.560. The number of thioether (sulfide) groups is 1. The molecule has 2 unspecified atom stereocenters. The second kappa shape index (κ2) is 8.78. The first-order chi connectivity index (χ1) is 9.90. The minimum Gasteiger partial charge on any atom is -0.313 e. The summed E-state index contributed by atoms with van der Waals surface area (Å²) in [5.41, 5.74) is 1.07. The van der Waals surface area contributed by atoms with Gasteiger partial charge in [0.1, 0.15) is 0 Å². The number of nitrogens with one attached hydrogen (secondary N) is 2. The molecule has 0 aliphatic carbocycles. The van der Waals surface area contributed by atoms with Crippen LogP contribution < -0.4 is 10.0 Å². The van der Waals surface area contributed by atoms with Crippen molar-refractivity contribution in [3.05, 3.63) is 29.8 Å². The van der Waals surface area contributed by atoms with Gasteiger partial charge < -0.3 is 5.32 Å². The fourth-order valence-electron chi connectivity index (χ4n) is 1.90. The Morgan fingerprint density at radius 2 is 1.81 bits per heavy atom. The van der Waals surface area contributed by atoms with Crippen molar-refractivity contribution in [2.45, 2.75) is 44.2 Å². The average molecular weight is 331 g/mol. The summed E-state index contributed by atoms with van der Waals surface area (Å²) in [7, 11) is -1.54. The molecule has 120 valence electrons. The van der Waals surface area contributed by atoms with Crippen molar-refractivity contribution in [3.8, 4) is 0 Å². The SMILES string of the molecule is CCSCCC(C)NS(=O)(=O)c1ccc(C(C)NC)cc1. The summed E-state index contributed by atoms with van der Waals surface area (Å²) in [5.74, 6) is 2.03. The van der Waals surface area contributed by atoms with E-state index in [4.69, 9.17) is 0 Å². The highest BCUT2D eigenvalue weighted by Crippen LogP contribution is 2.16. The van der Waals surface area contributed by atoms with Crippen LogP contribution in [0.25, 0.3) is 0 Å². The van der Waals surface area contributed by atoms with Gasteiger partial charge in [0, 0.05) is 12.1 Å². The van der Waals surface area contributed by atoms with E-state index in [1.54, 1.807) is 12.1 Å². The van der Waals surface area contributed by atoms with Gasteiger partial charge >= 0.3 is 0 Å². The van der Waals surface area contributed by atoms with E-state index in [-0.39, 0.29) is 12.1 Å². The van der Waals surface area contributed by atoms with Gasteiger partial charge in [-0.3, -0.25) is 0 Å². The Labute approximate surface area is 133 Å². The van der Waals surface area contributed by atoms with Gasteiger partial charge in [-0.1, -0.05) is 19.1 Å². The van der Waals surface area contributed by atoms with Crippen molar-refractivity contribution in [3.63, 3.8) is 0 Å². The monoisotopic (exact) mass is 330 g/mol. The third kappa shape index (κ3) is 5.98. The quantitative estimate of drug-likeness (QED) is 0.684. The van der Waals surface area contributed by atoms with Crippen LogP contribution in [0, 0.1) is 0 Å². The first-order valence-corrected chi connectivity index (χ1v) is 9.91. The molecule has 1 aromatic rings. The molecule has 0 amide bonds. The van der Waals surface area contributed by atoms with Gasteiger partial charge in [0.25, 0.3) is 0 Å². The summed E-state index contributed by atoms with van der Waals surface area (Å²) in [6.45, 7) is 6.05. The number of rotatable bonds is 9. The highest BCUT2D eigenvalue weighted by atomic mass is 32.2. The van der Waals surface area contributed by atoms with Crippen LogP contribution >= 0.6 is 11.8 Å². The second-order valence-electron chi connectivity index (χ2n) is 5.09. The zero-order valence-corrected chi connectivity index (χ0v) is 14.9. The highest BCUT2D eigenvalue weighted by Gasteiger charge is 2.17. The lowest BCUT2D eigenvalue weighted by atomic mass is 10.1. The van der Waals surface area contributed by atoms with Crippen molar-refractivity contribution in [1.82, 2.24) is 10.0 Å². The molecule has 1 rings (SSSR count). The molecule has 0 aliphatic rings. The van der Waals surface area contributed by atoms with Gasteiger partial charge in [0.2, 0.25) is 10.0 Å². The lowest BCUT2D eigenvalue weighted by Crippen LogP contribution is -2.33. The Balaban J connectivity index is 2.69. The molecule has 0 saturated carbocycles. The maximum Gasteiger partial charge on any atom is 0.240 e. The highest BCUT2D eigenvalue weighted by molar-refractivity contribution is 7.99. The molecule has 1 aromatic carbocycles. The fraction of sp³-hybridized carbons (Fsp3) is 0.600. The molecule has 0 spiro atoms. The smallest absolute Gasteiger partial charge is 0.240 e. The van der Waals surface area contributed by atoms with Crippen molar-refractivity contribution in [2.75, 3.05) is 18.6 Å². The van der Waals surface area contributed by atoms with Crippen LogP contribution in [0.2, 0.25) is 0 Å². The molecule has 2 N–H and O–H groups in total. The Morgan fingerprint density at radius 1 is 1.19 bits per heavy atom. The van der Waals surface area contributed by atoms with Crippen LogP contribution in [0.3, 0.4) is 0 Å². The molecule has 0 radical (unpaired) electrons. The number of benzene rings is 1. The Morgan fingerprint density at radius 3 is 2.33 bits per heavy atom. The first kappa shape index (κ1) is 18.5. The molecule has 4 nitrogen and oxygen atoms in total. The third-order valence-corrected chi connectivity index (χ3v) is 5.92. The van der Waals surface area contributed by atoms with E-state index in [9.17, 15) is 8.42 Å². The molecule has 0 saturated heterocycles. The summed E-state index contributed by atoms with van der Waals surface area (Å²) < 4.78 is 27.3. The van der Waals surface area contributed by atoms with E-state index >= 15 is 0 Å². The summed E-state index contributed by atoms with van der Waals surface area (Å²) >= 11 is 1.82. The van der Waals surface area contributed by atoms with Crippen molar-refractivity contribution < 1.29 is 8.42 Å². The van der Waals surface area contributed by atoms with Crippen LogP contribution in [-0.2, 0) is 10.0 Å². The molecular formula is C15H26N2O2S2. The summed E-state index contributed by atoms with van der Waals surface area (Å²) in [5, 5.41) is 3.13. The number of hydrogen-bond donors (Lipinski definition) is 2. The number of sulfonamides is 1. The lowest BCUT2D eigenvalue weighted by molar-refractivity contribution is 0.557. The third-order valence-electron chi connectivity index (χ3n) is 3.38. The van der Waals surface area contributed by atoms with E-state index in [2.05, 4.69) is 17.0 Å². The average Bonchev–Trinajstić information content (AvgIpc) is 2.46. The van der Waals surface area contributed by atoms with Gasteiger partial charge in [-0.2, -0.15) is 11.8 Å². The molecule has 6 heteroatoms. The predicted molar refractivity (Wildman–Crippen MR) is 91.3 cm³/mol. The van der Waals surface area contributed by atoms with E-state index in [1.807, 2.05) is 44.8 Å². The largest absolute Gasteiger partial charge is 0.313 e. The summed E-state index contributed by atoms with van der Waals surface area (Å²) in [4.78, 5) is 0.324. The first-order valence-electron chi connectivity index (χ1n) is 7.28. The van der Waals surface area contributed by atoms with Gasteiger partial charge in [0.05, 0.1) is 4.90 Å². The van der Waals surface area contributed by atoms with E-state index in [1.165, 1.54) is 0 Å². The molecule has 2 atom stereocenters. The predicted octanol–water partition coefficient (Wildman–Crippen LogP) is 2.78. The van der Waals surface area contributed by atoms with Crippen LogP contribution in [0.5, 0.6) is 0 Å². The topological polar surface area (TPSA) is 58.2 Å². The second-order valence-corrected chi connectivity index (χ2v) is 8.20. The minimum atomic E-state index is -3.43. The van der Waals surface area contributed by atoms with Gasteiger partial charge in [0.15, 0.2) is 0 Å². The molecule has 0 aliphatic heterocycles. The standard InChI is InChI=1S/C15H26N2O2S2/c1-5-20-11-10-12(2)17-21(18,19)15-8-6-14(7-9-15)13(3)16-4/h6-9,12-13,16-17H,5,10-11H2,1-4H3. The maximum absolute atomic E-state index is 12.3.